The molecule has 5 heteroatoms. The van der Waals surface area contributed by atoms with Crippen LogP contribution >= 0.6 is 0 Å². The van der Waals surface area contributed by atoms with Crippen molar-refractivity contribution in [2.45, 2.75) is 45.8 Å². The Bertz CT molecular complexity index is 282. The highest BCUT2D eigenvalue weighted by atomic mass is 16.5. The summed E-state index contributed by atoms with van der Waals surface area (Å²) >= 11 is 0. The normalized spacial score (nSPS) is 21.9. The van der Waals surface area contributed by atoms with Gasteiger partial charge in [-0.2, -0.15) is 0 Å². The lowest BCUT2D eigenvalue weighted by Crippen LogP contribution is -2.50. The molecule has 0 aromatic heterocycles. The number of nitrogens with one attached hydrogen (secondary N) is 2. The summed E-state index contributed by atoms with van der Waals surface area (Å²) < 4.78 is 5.64. The fourth-order valence-corrected chi connectivity index (χ4v) is 2.45. The third kappa shape index (κ3) is 7.22. The average molecular weight is 285 g/mol. The van der Waals surface area contributed by atoms with Crippen LogP contribution in [-0.4, -0.2) is 62.8 Å². The molecular formula is C15H31N3O2. The lowest BCUT2D eigenvalue weighted by atomic mass is 10.0. The Hall–Kier alpha value is -0.650. The SMILES string of the molecule is CNCC1CN(CC(=O)NC(C)CCC(C)C)CCO1. The predicted molar refractivity (Wildman–Crippen MR) is 81.8 cm³/mol. The lowest BCUT2D eigenvalue weighted by Gasteiger charge is -2.32. The zero-order chi connectivity index (χ0) is 15.0. The number of carbonyl (C=O) groups excluding carboxylic acids is 1. The number of morpholine rings is 1. The van der Waals surface area contributed by atoms with Crippen molar-refractivity contribution in [1.29, 1.82) is 0 Å². The van der Waals surface area contributed by atoms with Gasteiger partial charge in [0.1, 0.15) is 0 Å². The minimum Gasteiger partial charge on any atom is -0.374 e. The van der Waals surface area contributed by atoms with E-state index in [1.807, 2.05) is 7.05 Å². The van der Waals surface area contributed by atoms with Gasteiger partial charge >= 0.3 is 0 Å². The summed E-state index contributed by atoms with van der Waals surface area (Å²) in [4.78, 5) is 14.2. The second-order valence-corrected chi connectivity index (χ2v) is 6.23. The van der Waals surface area contributed by atoms with E-state index >= 15 is 0 Å². The van der Waals surface area contributed by atoms with Crippen molar-refractivity contribution in [3.8, 4) is 0 Å². The van der Waals surface area contributed by atoms with E-state index in [1.54, 1.807) is 0 Å². The lowest BCUT2D eigenvalue weighted by molar-refractivity contribution is -0.124. The number of likely N-dealkylation sites (N-methyl/N-ethyl adjacent to an activating group) is 1. The molecule has 0 aliphatic carbocycles. The van der Waals surface area contributed by atoms with E-state index in [4.69, 9.17) is 4.74 Å². The van der Waals surface area contributed by atoms with E-state index < -0.39 is 0 Å². The van der Waals surface area contributed by atoms with Crippen molar-refractivity contribution in [3.05, 3.63) is 0 Å². The average Bonchev–Trinajstić information content (AvgIpc) is 2.37. The molecule has 1 aliphatic heterocycles. The van der Waals surface area contributed by atoms with Crippen LogP contribution in [0.3, 0.4) is 0 Å². The highest BCUT2D eigenvalue weighted by molar-refractivity contribution is 5.78. The van der Waals surface area contributed by atoms with Crippen LogP contribution in [-0.2, 0) is 9.53 Å². The van der Waals surface area contributed by atoms with Gasteiger partial charge in [0.15, 0.2) is 0 Å². The molecule has 1 rings (SSSR count). The van der Waals surface area contributed by atoms with Crippen LogP contribution in [0.2, 0.25) is 0 Å². The highest BCUT2D eigenvalue weighted by Crippen LogP contribution is 2.07. The van der Waals surface area contributed by atoms with Gasteiger partial charge in [-0.05, 0) is 32.7 Å². The molecule has 0 aromatic carbocycles. The van der Waals surface area contributed by atoms with Gasteiger partial charge in [-0.25, -0.2) is 0 Å². The summed E-state index contributed by atoms with van der Waals surface area (Å²) in [6.07, 6.45) is 2.40. The molecule has 5 nitrogen and oxygen atoms in total. The predicted octanol–water partition coefficient (Wildman–Crippen LogP) is 0.848. The van der Waals surface area contributed by atoms with E-state index in [0.717, 1.165) is 32.5 Å². The molecule has 118 valence electrons. The molecule has 2 N–H and O–H groups in total. The third-order valence-electron chi connectivity index (χ3n) is 3.61. The van der Waals surface area contributed by atoms with Crippen molar-refractivity contribution in [2.24, 2.45) is 5.92 Å². The molecule has 1 saturated heterocycles. The molecule has 0 spiro atoms. The standard InChI is InChI=1S/C15H31N3O2/c1-12(2)5-6-13(3)17-15(19)11-18-7-8-20-14(10-18)9-16-4/h12-14,16H,5-11H2,1-4H3,(H,17,19). The van der Waals surface area contributed by atoms with Gasteiger partial charge in [0.2, 0.25) is 5.91 Å². The fourth-order valence-electron chi connectivity index (χ4n) is 2.45. The van der Waals surface area contributed by atoms with E-state index in [1.165, 1.54) is 0 Å². The zero-order valence-corrected chi connectivity index (χ0v) is 13.4. The maximum atomic E-state index is 12.0. The van der Waals surface area contributed by atoms with Gasteiger partial charge < -0.3 is 15.4 Å². The molecule has 0 aromatic rings. The first-order valence-electron chi connectivity index (χ1n) is 7.79. The Kier molecular flexibility index (Phi) is 8.11. The molecule has 0 saturated carbocycles. The second-order valence-electron chi connectivity index (χ2n) is 6.23. The fraction of sp³-hybridized carbons (Fsp3) is 0.933. The Labute approximate surface area is 123 Å². The van der Waals surface area contributed by atoms with E-state index in [2.05, 4.69) is 36.3 Å². The van der Waals surface area contributed by atoms with Gasteiger partial charge in [-0.3, -0.25) is 9.69 Å². The van der Waals surface area contributed by atoms with Gasteiger partial charge in [-0.1, -0.05) is 13.8 Å². The minimum absolute atomic E-state index is 0.131. The van der Waals surface area contributed by atoms with E-state index in [9.17, 15) is 4.79 Å². The Morgan fingerprint density at radius 1 is 1.35 bits per heavy atom. The number of carbonyl (C=O) groups is 1. The summed E-state index contributed by atoms with van der Waals surface area (Å²) in [5.74, 6) is 0.822. The van der Waals surface area contributed by atoms with Gasteiger partial charge in [0, 0.05) is 25.7 Å². The number of nitrogens with zero attached hydrogens (tertiary/aromatic N) is 1. The molecule has 0 bridgehead atoms. The first-order chi connectivity index (χ1) is 9.51. The number of hydrogen-bond donors (Lipinski definition) is 2. The van der Waals surface area contributed by atoms with Crippen molar-refractivity contribution >= 4 is 5.91 Å². The monoisotopic (exact) mass is 285 g/mol. The molecule has 1 heterocycles. The van der Waals surface area contributed by atoms with Crippen molar-refractivity contribution < 1.29 is 9.53 Å². The quantitative estimate of drug-likeness (QED) is 0.694. The Morgan fingerprint density at radius 2 is 2.10 bits per heavy atom. The smallest absolute Gasteiger partial charge is 0.234 e. The molecule has 20 heavy (non-hydrogen) atoms. The van der Waals surface area contributed by atoms with Crippen LogP contribution in [0, 0.1) is 5.92 Å². The number of ether oxygens (including phenoxy) is 1. The number of hydrogen-bond acceptors (Lipinski definition) is 4. The summed E-state index contributed by atoms with van der Waals surface area (Å²) in [7, 11) is 1.92. The minimum atomic E-state index is 0.131. The number of amides is 1. The van der Waals surface area contributed by atoms with Crippen molar-refractivity contribution in [3.63, 3.8) is 0 Å². The summed E-state index contributed by atoms with van der Waals surface area (Å²) in [5.41, 5.74) is 0. The summed E-state index contributed by atoms with van der Waals surface area (Å²) in [6, 6.07) is 0.263. The molecule has 2 unspecified atom stereocenters. The van der Waals surface area contributed by atoms with Crippen LogP contribution in [0.25, 0.3) is 0 Å². The molecule has 1 fully saturated rings. The Morgan fingerprint density at radius 3 is 2.75 bits per heavy atom. The molecule has 0 radical (unpaired) electrons. The van der Waals surface area contributed by atoms with Crippen molar-refractivity contribution in [2.75, 3.05) is 39.8 Å². The van der Waals surface area contributed by atoms with Crippen LogP contribution < -0.4 is 10.6 Å². The molecular weight excluding hydrogens is 254 g/mol. The van der Waals surface area contributed by atoms with Crippen molar-refractivity contribution in [1.82, 2.24) is 15.5 Å². The van der Waals surface area contributed by atoms with Gasteiger partial charge in [-0.15, -0.1) is 0 Å². The van der Waals surface area contributed by atoms with Crippen LogP contribution in [0.5, 0.6) is 0 Å². The molecule has 1 aliphatic rings. The second kappa shape index (κ2) is 9.32. The van der Waals surface area contributed by atoms with Crippen LogP contribution in [0.4, 0.5) is 0 Å². The van der Waals surface area contributed by atoms with E-state index in [-0.39, 0.29) is 18.1 Å². The largest absolute Gasteiger partial charge is 0.374 e. The first-order valence-corrected chi connectivity index (χ1v) is 7.79. The zero-order valence-electron chi connectivity index (χ0n) is 13.4. The van der Waals surface area contributed by atoms with E-state index in [0.29, 0.717) is 19.1 Å². The maximum Gasteiger partial charge on any atom is 0.234 e. The maximum absolute atomic E-state index is 12.0. The summed E-state index contributed by atoms with van der Waals surface area (Å²) in [5, 5.41) is 6.21. The van der Waals surface area contributed by atoms with Gasteiger partial charge in [0.25, 0.3) is 0 Å². The third-order valence-corrected chi connectivity index (χ3v) is 3.61. The topological polar surface area (TPSA) is 53.6 Å². The highest BCUT2D eigenvalue weighted by Gasteiger charge is 2.21. The van der Waals surface area contributed by atoms with Crippen LogP contribution in [0.1, 0.15) is 33.6 Å². The molecule has 2 atom stereocenters. The van der Waals surface area contributed by atoms with Gasteiger partial charge in [0.05, 0.1) is 19.3 Å². The first kappa shape index (κ1) is 17.4. The number of rotatable bonds is 8. The molecule has 1 amide bonds. The summed E-state index contributed by atoms with van der Waals surface area (Å²) in [6.45, 7) is 10.2. The Balaban J connectivity index is 2.23. The van der Waals surface area contributed by atoms with Crippen LogP contribution in [0.15, 0.2) is 0 Å².